The Bertz CT molecular complexity index is 679. The average Bonchev–Trinajstić information content (AvgIpc) is 2.53. The third-order valence-electron chi connectivity index (χ3n) is 4.03. The van der Waals surface area contributed by atoms with Gasteiger partial charge in [0, 0.05) is 6.21 Å². The Morgan fingerprint density at radius 1 is 1.23 bits per heavy atom. The van der Waals surface area contributed by atoms with Crippen molar-refractivity contribution in [3.8, 4) is 5.75 Å². The molecule has 0 fully saturated rings. The number of halogens is 1. The first kappa shape index (κ1) is 15.1. The van der Waals surface area contributed by atoms with E-state index in [4.69, 9.17) is 16.3 Å². The highest BCUT2D eigenvalue weighted by molar-refractivity contribution is 6.32. The smallest absolute Gasteiger partial charge is 0.138 e. The maximum Gasteiger partial charge on any atom is 0.138 e. The molecule has 114 valence electrons. The molecule has 1 heterocycles. The van der Waals surface area contributed by atoms with Crippen molar-refractivity contribution in [2.75, 3.05) is 0 Å². The van der Waals surface area contributed by atoms with Crippen molar-refractivity contribution in [2.45, 2.75) is 32.9 Å². The molecular formula is C19H20ClNO. The molecule has 1 unspecified atom stereocenters. The van der Waals surface area contributed by atoms with Crippen LogP contribution in [-0.2, 0) is 13.0 Å². The summed E-state index contributed by atoms with van der Waals surface area (Å²) in [7, 11) is 0. The zero-order valence-electron chi connectivity index (χ0n) is 12.9. The Labute approximate surface area is 136 Å². The normalized spacial score (nSPS) is 16.6. The summed E-state index contributed by atoms with van der Waals surface area (Å²) in [6.45, 7) is 4.94. The molecule has 1 aliphatic rings. The summed E-state index contributed by atoms with van der Waals surface area (Å²) >= 11 is 6.34. The monoisotopic (exact) mass is 313 g/mol. The fourth-order valence-electron chi connectivity index (χ4n) is 2.62. The van der Waals surface area contributed by atoms with Crippen LogP contribution in [0.1, 0.15) is 30.5 Å². The average molecular weight is 314 g/mol. The Hall–Kier alpha value is -1.80. The predicted molar refractivity (Wildman–Crippen MR) is 92.2 cm³/mol. The summed E-state index contributed by atoms with van der Waals surface area (Å²) in [5.41, 5.74) is 3.51. The second kappa shape index (κ2) is 6.53. The SMILES string of the molecule is CC(C)C1Cc2cc(OCc3ccccc3)c(Cl)cc2C=N1. The van der Waals surface area contributed by atoms with Gasteiger partial charge in [-0.15, -0.1) is 0 Å². The lowest BCUT2D eigenvalue weighted by molar-refractivity contribution is 0.306. The standard InChI is InChI=1S/C19H20ClNO/c1-13(2)18-9-15-10-19(17(20)8-16(15)11-21-18)22-12-14-6-4-3-5-7-14/h3-8,10-11,13,18H,9,12H2,1-2H3. The van der Waals surface area contributed by atoms with Crippen molar-refractivity contribution < 1.29 is 4.74 Å². The predicted octanol–water partition coefficient (Wildman–Crippen LogP) is 4.92. The Kier molecular flexibility index (Phi) is 4.49. The number of hydrogen-bond donors (Lipinski definition) is 0. The van der Waals surface area contributed by atoms with Gasteiger partial charge in [0.1, 0.15) is 12.4 Å². The molecule has 0 saturated carbocycles. The zero-order chi connectivity index (χ0) is 15.5. The fraction of sp³-hybridized carbons (Fsp3) is 0.316. The third-order valence-corrected chi connectivity index (χ3v) is 4.33. The van der Waals surface area contributed by atoms with E-state index in [1.165, 1.54) is 5.56 Å². The van der Waals surface area contributed by atoms with Crippen LogP contribution in [0.25, 0.3) is 0 Å². The lowest BCUT2D eigenvalue weighted by Crippen LogP contribution is -2.21. The molecule has 0 aromatic heterocycles. The number of nitrogens with zero attached hydrogens (tertiary/aromatic N) is 1. The molecule has 1 atom stereocenters. The molecule has 3 heteroatoms. The van der Waals surface area contributed by atoms with Gasteiger partial charge in [0.15, 0.2) is 0 Å². The molecule has 2 aromatic carbocycles. The van der Waals surface area contributed by atoms with E-state index < -0.39 is 0 Å². The molecule has 0 amide bonds. The first-order valence-electron chi connectivity index (χ1n) is 7.66. The minimum absolute atomic E-state index is 0.343. The molecule has 2 aromatic rings. The van der Waals surface area contributed by atoms with E-state index in [1.807, 2.05) is 42.6 Å². The number of aliphatic imine (C=N–C) groups is 1. The van der Waals surface area contributed by atoms with Gasteiger partial charge in [-0.3, -0.25) is 4.99 Å². The molecule has 0 aliphatic carbocycles. The van der Waals surface area contributed by atoms with Gasteiger partial charge in [-0.25, -0.2) is 0 Å². The van der Waals surface area contributed by atoms with E-state index >= 15 is 0 Å². The third kappa shape index (κ3) is 3.33. The molecule has 0 radical (unpaired) electrons. The van der Waals surface area contributed by atoms with Gasteiger partial charge in [0.2, 0.25) is 0 Å². The van der Waals surface area contributed by atoms with Gasteiger partial charge in [-0.05, 0) is 41.2 Å². The number of benzene rings is 2. The molecule has 0 saturated heterocycles. The first-order valence-corrected chi connectivity index (χ1v) is 8.03. The summed E-state index contributed by atoms with van der Waals surface area (Å²) < 4.78 is 5.91. The van der Waals surface area contributed by atoms with Crippen molar-refractivity contribution in [1.82, 2.24) is 0 Å². The van der Waals surface area contributed by atoms with Crippen molar-refractivity contribution in [3.63, 3.8) is 0 Å². The van der Waals surface area contributed by atoms with Crippen LogP contribution in [0.15, 0.2) is 47.5 Å². The lowest BCUT2D eigenvalue weighted by Gasteiger charge is -2.23. The topological polar surface area (TPSA) is 21.6 Å². The summed E-state index contributed by atoms with van der Waals surface area (Å²) in [6, 6.07) is 14.5. The van der Waals surface area contributed by atoms with Crippen molar-refractivity contribution in [2.24, 2.45) is 10.9 Å². The van der Waals surface area contributed by atoms with Crippen LogP contribution in [0.2, 0.25) is 5.02 Å². The molecule has 2 nitrogen and oxygen atoms in total. The second-order valence-electron chi connectivity index (χ2n) is 6.05. The largest absolute Gasteiger partial charge is 0.487 e. The van der Waals surface area contributed by atoms with Crippen LogP contribution >= 0.6 is 11.6 Å². The molecule has 0 spiro atoms. The molecular weight excluding hydrogens is 294 g/mol. The minimum atomic E-state index is 0.343. The highest BCUT2D eigenvalue weighted by atomic mass is 35.5. The van der Waals surface area contributed by atoms with Gasteiger partial charge in [0.05, 0.1) is 11.1 Å². The van der Waals surface area contributed by atoms with E-state index in [9.17, 15) is 0 Å². The Morgan fingerprint density at radius 3 is 2.73 bits per heavy atom. The maximum atomic E-state index is 6.34. The Morgan fingerprint density at radius 2 is 2.00 bits per heavy atom. The molecule has 0 N–H and O–H groups in total. The van der Waals surface area contributed by atoms with Crippen LogP contribution in [0.3, 0.4) is 0 Å². The molecule has 3 rings (SSSR count). The van der Waals surface area contributed by atoms with Crippen LogP contribution in [0.4, 0.5) is 0 Å². The van der Waals surface area contributed by atoms with Crippen molar-refractivity contribution in [3.05, 3.63) is 64.2 Å². The Balaban J connectivity index is 1.79. The van der Waals surface area contributed by atoms with Crippen LogP contribution in [0.5, 0.6) is 5.75 Å². The number of rotatable bonds is 4. The van der Waals surface area contributed by atoms with Gasteiger partial charge in [-0.1, -0.05) is 55.8 Å². The van der Waals surface area contributed by atoms with Crippen LogP contribution in [0, 0.1) is 5.92 Å². The summed E-state index contributed by atoms with van der Waals surface area (Å²) in [4.78, 5) is 4.61. The van der Waals surface area contributed by atoms with Gasteiger partial charge in [-0.2, -0.15) is 0 Å². The number of fused-ring (bicyclic) bond motifs is 1. The highest BCUT2D eigenvalue weighted by Gasteiger charge is 2.19. The molecule has 22 heavy (non-hydrogen) atoms. The van der Waals surface area contributed by atoms with Crippen molar-refractivity contribution >= 4 is 17.8 Å². The van der Waals surface area contributed by atoms with Gasteiger partial charge >= 0.3 is 0 Å². The maximum absolute atomic E-state index is 6.34. The summed E-state index contributed by atoms with van der Waals surface area (Å²) in [6.07, 6.45) is 2.89. The van der Waals surface area contributed by atoms with Crippen LogP contribution < -0.4 is 4.74 Å². The fourth-order valence-corrected chi connectivity index (χ4v) is 2.84. The van der Waals surface area contributed by atoms with E-state index in [0.29, 0.717) is 23.6 Å². The van der Waals surface area contributed by atoms with E-state index in [2.05, 4.69) is 24.9 Å². The van der Waals surface area contributed by atoms with Gasteiger partial charge in [0.25, 0.3) is 0 Å². The van der Waals surface area contributed by atoms with Crippen LogP contribution in [-0.4, -0.2) is 12.3 Å². The highest BCUT2D eigenvalue weighted by Crippen LogP contribution is 2.32. The van der Waals surface area contributed by atoms with E-state index in [-0.39, 0.29) is 0 Å². The quantitative estimate of drug-likeness (QED) is 0.785. The van der Waals surface area contributed by atoms with E-state index in [0.717, 1.165) is 23.3 Å². The summed E-state index contributed by atoms with van der Waals surface area (Å²) in [5, 5.41) is 0.643. The van der Waals surface area contributed by atoms with Crippen molar-refractivity contribution in [1.29, 1.82) is 0 Å². The first-order chi connectivity index (χ1) is 10.6. The lowest BCUT2D eigenvalue weighted by atomic mass is 9.92. The second-order valence-corrected chi connectivity index (χ2v) is 6.46. The number of hydrogen-bond acceptors (Lipinski definition) is 2. The molecule has 0 bridgehead atoms. The van der Waals surface area contributed by atoms with Gasteiger partial charge < -0.3 is 4.74 Å². The molecule has 1 aliphatic heterocycles. The summed E-state index contributed by atoms with van der Waals surface area (Å²) in [5.74, 6) is 1.29. The zero-order valence-corrected chi connectivity index (χ0v) is 13.7. The minimum Gasteiger partial charge on any atom is -0.487 e. The van der Waals surface area contributed by atoms with E-state index in [1.54, 1.807) is 0 Å². The number of ether oxygens (including phenoxy) is 1.